The molecule has 3 heterocycles. The third-order valence-electron chi connectivity index (χ3n) is 4.20. The van der Waals surface area contributed by atoms with Crippen LogP contribution in [0.25, 0.3) is 5.82 Å². The van der Waals surface area contributed by atoms with Crippen LogP contribution in [-0.4, -0.2) is 31.8 Å². The molecule has 0 unspecified atom stereocenters. The van der Waals surface area contributed by atoms with Gasteiger partial charge < -0.3 is 10.6 Å². The molecule has 2 aromatic heterocycles. The first kappa shape index (κ1) is 17.3. The summed E-state index contributed by atoms with van der Waals surface area (Å²) in [5.41, 5.74) is 2.02. The highest BCUT2D eigenvalue weighted by Crippen LogP contribution is 2.35. The minimum absolute atomic E-state index is 0.0516. The Kier molecular flexibility index (Phi) is 4.64. The lowest BCUT2D eigenvalue weighted by Gasteiger charge is -2.21. The first-order chi connectivity index (χ1) is 13.1. The van der Waals surface area contributed by atoms with Crippen LogP contribution in [0.5, 0.6) is 0 Å². The highest BCUT2D eigenvalue weighted by molar-refractivity contribution is 8.00. The Morgan fingerprint density at radius 2 is 2.19 bits per heavy atom. The van der Waals surface area contributed by atoms with Gasteiger partial charge in [0.05, 0.1) is 10.9 Å². The molecule has 0 fully saturated rings. The van der Waals surface area contributed by atoms with E-state index in [1.165, 1.54) is 11.8 Å². The summed E-state index contributed by atoms with van der Waals surface area (Å²) in [4.78, 5) is 29.7. The maximum atomic E-state index is 12.6. The molecule has 1 aliphatic heterocycles. The first-order valence-electron chi connectivity index (χ1n) is 8.45. The van der Waals surface area contributed by atoms with Gasteiger partial charge in [-0.3, -0.25) is 9.59 Å². The highest BCUT2D eigenvalue weighted by atomic mass is 32.2. The van der Waals surface area contributed by atoms with Gasteiger partial charge >= 0.3 is 0 Å². The number of aromatic nitrogens is 3. The topological polar surface area (TPSA) is 88.9 Å². The van der Waals surface area contributed by atoms with Gasteiger partial charge in [-0.15, -0.1) is 11.8 Å². The fraction of sp³-hybridized carbons (Fsp3) is 0.158. The molecule has 1 aliphatic rings. The molecule has 8 heteroatoms. The molecule has 27 heavy (non-hydrogen) atoms. The lowest BCUT2D eigenvalue weighted by atomic mass is 10.1. The van der Waals surface area contributed by atoms with Gasteiger partial charge in [0.25, 0.3) is 5.91 Å². The van der Waals surface area contributed by atoms with Crippen molar-refractivity contribution in [1.29, 1.82) is 0 Å². The fourth-order valence-electron chi connectivity index (χ4n) is 2.80. The standard InChI is InChI=1S/C19H17N5O2S/c1-12-18(25)23-15-10-13(5-6-16(15)27-12)19(26)21-11-14-4-2-7-20-17(14)24-9-3-8-22-24/h2-10,12H,11H2,1H3,(H,21,26)(H,23,25)/t12-/m1/s1. The predicted molar refractivity (Wildman–Crippen MR) is 103 cm³/mol. The summed E-state index contributed by atoms with van der Waals surface area (Å²) in [5, 5.41) is 9.81. The molecular weight excluding hydrogens is 362 g/mol. The lowest BCUT2D eigenvalue weighted by Crippen LogP contribution is -2.27. The number of carbonyl (C=O) groups excluding carboxylic acids is 2. The van der Waals surface area contributed by atoms with Gasteiger partial charge in [-0.05, 0) is 37.3 Å². The Hall–Kier alpha value is -3.13. The van der Waals surface area contributed by atoms with Crippen LogP contribution in [0, 0.1) is 0 Å². The molecule has 2 N–H and O–H groups in total. The van der Waals surface area contributed by atoms with Crippen LogP contribution in [0.2, 0.25) is 0 Å². The van der Waals surface area contributed by atoms with Gasteiger partial charge in [0.1, 0.15) is 0 Å². The largest absolute Gasteiger partial charge is 0.348 e. The van der Waals surface area contributed by atoms with Crippen LogP contribution in [0.1, 0.15) is 22.8 Å². The van der Waals surface area contributed by atoms with Gasteiger partial charge in [-0.2, -0.15) is 5.10 Å². The molecule has 0 bridgehead atoms. The number of hydrogen-bond acceptors (Lipinski definition) is 5. The second-order valence-electron chi connectivity index (χ2n) is 6.08. The average Bonchev–Trinajstić information content (AvgIpc) is 3.21. The Bertz CT molecular complexity index is 1000. The molecular formula is C19H17N5O2S. The Morgan fingerprint density at radius 3 is 3.00 bits per heavy atom. The van der Waals surface area contributed by atoms with Crippen molar-refractivity contribution >= 4 is 29.3 Å². The van der Waals surface area contributed by atoms with E-state index in [9.17, 15) is 9.59 Å². The van der Waals surface area contributed by atoms with Crippen molar-refractivity contribution in [2.45, 2.75) is 23.6 Å². The second kappa shape index (κ2) is 7.24. The zero-order valence-corrected chi connectivity index (χ0v) is 15.4. The SMILES string of the molecule is C[C@H]1Sc2ccc(C(=O)NCc3cccnc3-n3cccn3)cc2NC1=O. The Balaban J connectivity index is 1.50. The van der Waals surface area contributed by atoms with Crippen molar-refractivity contribution in [3.05, 3.63) is 66.1 Å². The van der Waals surface area contributed by atoms with Crippen molar-refractivity contribution in [2.75, 3.05) is 5.32 Å². The summed E-state index contributed by atoms with van der Waals surface area (Å²) < 4.78 is 1.66. The minimum atomic E-state index is -0.217. The van der Waals surface area contributed by atoms with Gasteiger partial charge in [-0.1, -0.05) is 6.07 Å². The maximum Gasteiger partial charge on any atom is 0.251 e. The minimum Gasteiger partial charge on any atom is -0.348 e. The van der Waals surface area contributed by atoms with E-state index in [0.717, 1.165) is 10.5 Å². The number of nitrogens with one attached hydrogen (secondary N) is 2. The van der Waals surface area contributed by atoms with E-state index >= 15 is 0 Å². The van der Waals surface area contributed by atoms with Gasteiger partial charge in [-0.25, -0.2) is 9.67 Å². The predicted octanol–water partition coefficient (Wildman–Crippen LogP) is 2.63. The number of rotatable bonds is 4. The van der Waals surface area contributed by atoms with E-state index in [0.29, 0.717) is 23.6 Å². The summed E-state index contributed by atoms with van der Waals surface area (Å²) in [6.45, 7) is 2.17. The molecule has 4 rings (SSSR count). The van der Waals surface area contributed by atoms with Crippen molar-refractivity contribution in [3.63, 3.8) is 0 Å². The van der Waals surface area contributed by atoms with E-state index < -0.39 is 0 Å². The summed E-state index contributed by atoms with van der Waals surface area (Å²) >= 11 is 1.49. The Labute approximate surface area is 160 Å². The van der Waals surface area contributed by atoms with Crippen LogP contribution in [0.3, 0.4) is 0 Å². The number of pyridine rings is 1. The van der Waals surface area contributed by atoms with Crippen LogP contribution in [0.4, 0.5) is 5.69 Å². The van der Waals surface area contributed by atoms with Gasteiger partial charge in [0.15, 0.2) is 5.82 Å². The molecule has 7 nitrogen and oxygen atoms in total. The maximum absolute atomic E-state index is 12.6. The summed E-state index contributed by atoms with van der Waals surface area (Å²) in [6.07, 6.45) is 5.17. The highest BCUT2D eigenvalue weighted by Gasteiger charge is 2.23. The molecule has 0 saturated heterocycles. The van der Waals surface area contributed by atoms with E-state index in [4.69, 9.17) is 0 Å². The number of fused-ring (bicyclic) bond motifs is 1. The van der Waals surface area contributed by atoms with E-state index in [1.807, 2.05) is 31.2 Å². The molecule has 0 spiro atoms. The zero-order chi connectivity index (χ0) is 18.8. The zero-order valence-electron chi connectivity index (χ0n) is 14.5. The van der Waals surface area contributed by atoms with Crippen molar-refractivity contribution in [2.24, 2.45) is 0 Å². The van der Waals surface area contributed by atoms with Crippen LogP contribution >= 0.6 is 11.8 Å². The van der Waals surface area contributed by atoms with Crippen molar-refractivity contribution in [3.8, 4) is 5.82 Å². The van der Waals surface area contributed by atoms with Crippen LogP contribution < -0.4 is 10.6 Å². The molecule has 136 valence electrons. The number of nitrogens with zero attached hydrogens (tertiary/aromatic N) is 3. The van der Waals surface area contributed by atoms with E-state index in [-0.39, 0.29) is 17.1 Å². The van der Waals surface area contributed by atoms with Crippen molar-refractivity contribution in [1.82, 2.24) is 20.1 Å². The van der Waals surface area contributed by atoms with Crippen LogP contribution in [0.15, 0.2) is 59.9 Å². The number of amides is 2. The number of thioether (sulfide) groups is 1. The quantitative estimate of drug-likeness (QED) is 0.727. The summed E-state index contributed by atoms with van der Waals surface area (Å²) in [5.74, 6) is 0.404. The fourth-order valence-corrected chi connectivity index (χ4v) is 3.73. The number of carbonyl (C=O) groups is 2. The third kappa shape index (κ3) is 3.56. The number of benzene rings is 1. The van der Waals surface area contributed by atoms with Crippen molar-refractivity contribution < 1.29 is 9.59 Å². The van der Waals surface area contributed by atoms with Gasteiger partial charge in [0.2, 0.25) is 5.91 Å². The van der Waals surface area contributed by atoms with Crippen LogP contribution in [-0.2, 0) is 11.3 Å². The summed E-state index contributed by atoms with van der Waals surface area (Å²) in [6, 6.07) is 10.9. The smallest absolute Gasteiger partial charge is 0.251 e. The third-order valence-corrected chi connectivity index (χ3v) is 5.38. The second-order valence-corrected chi connectivity index (χ2v) is 7.46. The summed E-state index contributed by atoms with van der Waals surface area (Å²) in [7, 11) is 0. The average molecular weight is 379 g/mol. The normalized spacial score (nSPS) is 15.7. The number of hydrogen-bond donors (Lipinski definition) is 2. The lowest BCUT2D eigenvalue weighted by molar-refractivity contribution is -0.115. The molecule has 0 saturated carbocycles. The van der Waals surface area contributed by atoms with E-state index in [1.54, 1.807) is 35.4 Å². The Morgan fingerprint density at radius 1 is 1.30 bits per heavy atom. The number of anilines is 1. The molecule has 0 aliphatic carbocycles. The van der Waals surface area contributed by atoms with Gasteiger partial charge in [0, 0.05) is 41.2 Å². The molecule has 0 radical (unpaired) electrons. The monoisotopic (exact) mass is 379 g/mol. The molecule has 1 aromatic carbocycles. The first-order valence-corrected chi connectivity index (χ1v) is 9.33. The molecule has 1 atom stereocenters. The molecule has 3 aromatic rings. The molecule has 2 amide bonds. The van der Waals surface area contributed by atoms with E-state index in [2.05, 4.69) is 20.7 Å².